The van der Waals surface area contributed by atoms with Gasteiger partial charge in [-0.25, -0.2) is 13.1 Å². The van der Waals surface area contributed by atoms with Crippen LogP contribution in [0.15, 0.2) is 23.1 Å². The number of nitrogens with one attached hydrogen (secondary N) is 1. The van der Waals surface area contributed by atoms with Crippen molar-refractivity contribution in [2.45, 2.75) is 69.5 Å². The van der Waals surface area contributed by atoms with Crippen LogP contribution in [0.25, 0.3) is 0 Å². The van der Waals surface area contributed by atoms with E-state index in [0.717, 1.165) is 19.3 Å². The van der Waals surface area contributed by atoms with Crippen LogP contribution in [0.5, 0.6) is 11.5 Å². The first-order valence-electron chi connectivity index (χ1n) is 10.6. The van der Waals surface area contributed by atoms with Crippen molar-refractivity contribution >= 4 is 21.9 Å². The molecule has 1 fully saturated rings. The summed E-state index contributed by atoms with van der Waals surface area (Å²) in [6.07, 6.45) is 1.83. The first-order valence-corrected chi connectivity index (χ1v) is 12.1. The summed E-state index contributed by atoms with van der Waals surface area (Å²) in [7, 11) is -3.83. The van der Waals surface area contributed by atoms with Crippen LogP contribution in [0.3, 0.4) is 0 Å². The Morgan fingerprint density at radius 3 is 2.48 bits per heavy atom. The van der Waals surface area contributed by atoms with Gasteiger partial charge in [0.2, 0.25) is 10.0 Å². The van der Waals surface area contributed by atoms with E-state index in [1.54, 1.807) is 11.8 Å². The highest BCUT2D eigenvalue weighted by Crippen LogP contribution is 2.32. The van der Waals surface area contributed by atoms with Gasteiger partial charge in [-0.05, 0) is 52.2 Å². The van der Waals surface area contributed by atoms with Gasteiger partial charge in [-0.15, -0.1) is 0 Å². The van der Waals surface area contributed by atoms with Crippen LogP contribution in [-0.2, 0) is 24.3 Å². The molecule has 3 atom stereocenters. The molecule has 3 unspecified atom stereocenters. The van der Waals surface area contributed by atoms with Crippen molar-refractivity contribution < 1.29 is 32.2 Å². The Hall–Kier alpha value is -2.33. The number of carbonyl (C=O) groups is 2. The number of rotatable bonds is 7. The molecule has 0 radical (unpaired) electrons. The van der Waals surface area contributed by atoms with Crippen LogP contribution < -0.4 is 14.2 Å². The molecule has 31 heavy (non-hydrogen) atoms. The first-order chi connectivity index (χ1) is 14.7. The number of carbonyl (C=O) groups excluding carboxylic acids is 2. The summed E-state index contributed by atoms with van der Waals surface area (Å²) < 4.78 is 43.4. The summed E-state index contributed by atoms with van der Waals surface area (Å²) in [6.45, 7) is 6.15. The van der Waals surface area contributed by atoms with Gasteiger partial charge in [0.05, 0.1) is 11.3 Å². The minimum absolute atomic E-state index is 0.0155. The van der Waals surface area contributed by atoms with Gasteiger partial charge in [-0.3, -0.25) is 9.59 Å². The molecule has 0 aliphatic carbocycles. The molecule has 1 amide bonds. The van der Waals surface area contributed by atoms with E-state index in [2.05, 4.69) is 4.72 Å². The number of hydrogen-bond donors (Lipinski definition) is 1. The van der Waals surface area contributed by atoms with Crippen molar-refractivity contribution in [1.29, 1.82) is 0 Å². The molecule has 1 N–H and O–H groups in total. The number of amides is 1. The number of esters is 1. The van der Waals surface area contributed by atoms with E-state index in [-0.39, 0.29) is 35.9 Å². The van der Waals surface area contributed by atoms with Crippen molar-refractivity contribution in [2.75, 3.05) is 19.8 Å². The highest BCUT2D eigenvalue weighted by atomic mass is 32.2. The van der Waals surface area contributed by atoms with E-state index in [9.17, 15) is 18.0 Å². The third-order valence-electron chi connectivity index (χ3n) is 5.55. The minimum atomic E-state index is -3.83. The predicted molar refractivity (Wildman–Crippen MR) is 112 cm³/mol. The average molecular weight is 455 g/mol. The van der Waals surface area contributed by atoms with Crippen LogP contribution in [0.4, 0.5) is 0 Å². The molecule has 9 nitrogen and oxygen atoms in total. The van der Waals surface area contributed by atoms with Crippen molar-refractivity contribution in [1.82, 2.24) is 9.62 Å². The Balaban J connectivity index is 1.49. The Labute approximate surface area is 183 Å². The third kappa shape index (κ3) is 5.68. The number of fused-ring (bicyclic) bond motifs is 1. The number of nitrogens with zero attached hydrogens (tertiary/aromatic N) is 1. The molecule has 0 saturated carbocycles. The summed E-state index contributed by atoms with van der Waals surface area (Å²) >= 11 is 0. The van der Waals surface area contributed by atoms with E-state index in [1.807, 2.05) is 13.8 Å². The van der Waals surface area contributed by atoms with Crippen molar-refractivity contribution in [3.63, 3.8) is 0 Å². The molecule has 2 heterocycles. The van der Waals surface area contributed by atoms with Gasteiger partial charge in [-0.1, -0.05) is 0 Å². The van der Waals surface area contributed by atoms with Crippen LogP contribution in [0, 0.1) is 0 Å². The van der Waals surface area contributed by atoms with Crippen molar-refractivity contribution in [3.05, 3.63) is 18.2 Å². The lowest BCUT2D eigenvalue weighted by molar-refractivity contribution is -0.162. The van der Waals surface area contributed by atoms with Crippen molar-refractivity contribution in [2.24, 2.45) is 0 Å². The summed E-state index contributed by atoms with van der Waals surface area (Å²) in [5, 5.41) is 0. The van der Waals surface area contributed by atoms with Gasteiger partial charge in [0.15, 0.2) is 17.6 Å². The van der Waals surface area contributed by atoms with E-state index < -0.39 is 22.1 Å². The zero-order valence-corrected chi connectivity index (χ0v) is 18.9. The molecule has 0 aromatic heterocycles. The summed E-state index contributed by atoms with van der Waals surface area (Å²) in [5.41, 5.74) is 0. The fraction of sp³-hybridized carbons (Fsp3) is 0.619. The lowest BCUT2D eigenvalue weighted by atomic mass is 9.97. The molecule has 3 rings (SSSR count). The average Bonchev–Trinajstić information content (AvgIpc) is 2.73. The number of likely N-dealkylation sites (tertiary alicyclic amines) is 1. The quantitative estimate of drug-likeness (QED) is 0.626. The van der Waals surface area contributed by atoms with Gasteiger partial charge in [0, 0.05) is 24.7 Å². The standard InChI is InChI=1S/C21H30N2O7S/c1-14-5-4-6-15(2)23(14)21(25)16(3)30-20(24)9-10-22-31(26,27)17-7-8-18-19(13-17)29-12-11-28-18/h7-8,13-16,22H,4-6,9-12H2,1-3H3. The molecule has 1 aromatic carbocycles. The number of benzene rings is 1. The molecule has 1 aromatic rings. The Kier molecular flexibility index (Phi) is 7.42. The van der Waals surface area contributed by atoms with E-state index in [4.69, 9.17) is 14.2 Å². The van der Waals surface area contributed by atoms with Crippen LogP contribution in [-0.4, -0.2) is 63.1 Å². The second-order valence-electron chi connectivity index (χ2n) is 7.96. The molecular weight excluding hydrogens is 424 g/mol. The monoisotopic (exact) mass is 454 g/mol. The molecule has 0 bridgehead atoms. The normalized spacial score (nSPS) is 22.0. The lowest BCUT2D eigenvalue weighted by Crippen LogP contribution is -2.51. The number of sulfonamides is 1. The van der Waals surface area contributed by atoms with Gasteiger partial charge in [0.1, 0.15) is 13.2 Å². The second-order valence-corrected chi connectivity index (χ2v) is 9.73. The minimum Gasteiger partial charge on any atom is -0.486 e. The van der Waals surface area contributed by atoms with E-state index >= 15 is 0 Å². The second kappa shape index (κ2) is 9.86. The number of ether oxygens (including phenoxy) is 3. The zero-order valence-electron chi connectivity index (χ0n) is 18.1. The number of piperidine rings is 1. The molecule has 0 spiro atoms. The Morgan fingerprint density at radius 2 is 1.81 bits per heavy atom. The summed E-state index contributed by atoms with van der Waals surface area (Å²) in [6, 6.07) is 4.55. The smallest absolute Gasteiger partial charge is 0.307 e. The maximum absolute atomic E-state index is 12.7. The molecule has 172 valence electrons. The lowest BCUT2D eigenvalue weighted by Gasteiger charge is -2.40. The summed E-state index contributed by atoms with van der Waals surface area (Å²) in [4.78, 5) is 26.7. The largest absolute Gasteiger partial charge is 0.486 e. The SMILES string of the molecule is CC(OC(=O)CCNS(=O)(=O)c1ccc2c(c1)OCCO2)C(=O)N1C(C)CCCC1C. The van der Waals surface area contributed by atoms with Gasteiger partial charge in [0.25, 0.3) is 5.91 Å². The predicted octanol–water partition coefficient (Wildman–Crippen LogP) is 1.85. The topological polar surface area (TPSA) is 111 Å². The molecule has 1 saturated heterocycles. The molecule has 10 heteroatoms. The molecule has 2 aliphatic rings. The van der Waals surface area contributed by atoms with E-state index in [0.29, 0.717) is 24.7 Å². The number of hydrogen-bond acceptors (Lipinski definition) is 7. The maximum atomic E-state index is 12.7. The highest BCUT2D eigenvalue weighted by molar-refractivity contribution is 7.89. The Bertz CT molecular complexity index is 908. The van der Waals surface area contributed by atoms with E-state index in [1.165, 1.54) is 18.2 Å². The highest BCUT2D eigenvalue weighted by Gasteiger charge is 2.33. The van der Waals surface area contributed by atoms with Crippen LogP contribution in [0.1, 0.15) is 46.5 Å². The fourth-order valence-corrected chi connectivity index (χ4v) is 4.98. The zero-order chi connectivity index (χ0) is 22.6. The first kappa shape index (κ1) is 23.3. The van der Waals surface area contributed by atoms with Gasteiger partial charge < -0.3 is 19.1 Å². The molecule has 2 aliphatic heterocycles. The van der Waals surface area contributed by atoms with Crippen LogP contribution in [0.2, 0.25) is 0 Å². The maximum Gasteiger partial charge on any atom is 0.307 e. The van der Waals surface area contributed by atoms with Crippen molar-refractivity contribution in [3.8, 4) is 11.5 Å². The van der Waals surface area contributed by atoms with Crippen LogP contribution >= 0.6 is 0 Å². The third-order valence-corrected chi connectivity index (χ3v) is 7.01. The fourth-order valence-electron chi connectivity index (χ4n) is 3.93. The Morgan fingerprint density at radius 1 is 1.16 bits per heavy atom. The summed E-state index contributed by atoms with van der Waals surface area (Å²) in [5.74, 6) is -0.000218. The molecular formula is C21H30N2O7S. The van der Waals surface area contributed by atoms with Gasteiger partial charge >= 0.3 is 5.97 Å². The van der Waals surface area contributed by atoms with Gasteiger partial charge in [-0.2, -0.15) is 0 Å².